The molecule has 0 aliphatic carbocycles. The monoisotopic (exact) mass is 390 g/mol. The lowest BCUT2D eigenvalue weighted by Crippen LogP contribution is -2.68. The first-order valence-electron chi connectivity index (χ1n) is 8.58. The number of nitrogens with zero attached hydrogens (tertiary/aromatic N) is 1. The smallest absolute Gasteiger partial charge is 0.356 e. The van der Waals surface area contributed by atoms with Gasteiger partial charge in [0.15, 0.2) is 6.61 Å². The number of hydrogen-bond acceptors (Lipinski definition) is 6. The standard InChI is InChI=1S/C19H22N2O5S/c1-11-15(18(24)26-19(2,3)4)21-16(23)14(17(21)27-11)20-13(22)10-25-12-8-6-5-7-9-12/h5-9,14,17H,10H2,1-4H3,(H,20,22)/t14-,17-/m1/s1. The van der Waals surface area contributed by atoms with Gasteiger partial charge in [-0.3, -0.25) is 14.5 Å². The average Bonchev–Trinajstić information content (AvgIpc) is 2.91. The van der Waals surface area contributed by atoms with Crippen LogP contribution in [-0.2, 0) is 19.1 Å². The highest BCUT2D eigenvalue weighted by Crippen LogP contribution is 2.46. The summed E-state index contributed by atoms with van der Waals surface area (Å²) in [5.74, 6) is -0.659. The zero-order valence-corrected chi connectivity index (χ0v) is 16.5. The van der Waals surface area contributed by atoms with Crippen LogP contribution in [0.15, 0.2) is 40.9 Å². The van der Waals surface area contributed by atoms with E-state index in [2.05, 4.69) is 5.32 Å². The Morgan fingerprint density at radius 2 is 1.89 bits per heavy atom. The van der Waals surface area contributed by atoms with Gasteiger partial charge in [0.2, 0.25) is 0 Å². The zero-order valence-electron chi connectivity index (χ0n) is 15.6. The van der Waals surface area contributed by atoms with Crippen molar-refractivity contribution >= 4 is 29.5 Å². The Bertz CT molecular complexity index is 800. The summed E-state index contributed by atoms with van der Waals surface area (Å²) in [5.41, 5.74) is -0.389. The minimum atomic E-state index is -0.684. The first-order chi connectivity index (χ1) is 12.7. The Balaban J connectivity index is 1.57. The largest absolute Gasteiger partial charge is 0.484 e. The summed E-state index contributed by atoms with van der Waals surface area (Å²) in [4.78, 5) is 39.1. The summed E-state index contributed by atoms with van der Waals surface area (Å²) in [7, 11) is 0. The number of rotatable bonds is 5. The number of nitrogens with one attached hydrogen (secondary N) is 1. The number of para-hydroxylation sites is 1. The normalized spacial score (nSPS) is 21.5. The van der Waals surface area contributed by atoms with E-state index in [4.69, 9.17) is 9.47 Å². The fraction of sp³-hybridized carbons (Fsp3) is 0.421. The number of carbonyl (C=O) groups is 3. The summed E-state index contributed by atoms with van der Waals surface area (Å²) in [5, 5.41) is 2.35. The van der Waals surface area contributed by atoms with Crippen molar-refractivity contribution in [3.05, 3.63) is 40.9 Å². The molecule has 0 saturated carbocycles. The summed E-state index contributed by atoms with van der Waals surface area (Å²) in [6.45, 7) is 6.90. The highest BCUT2D eigenvalue weighted by Gasteiger charge is 2.56. The van der Waals surface area contributed by atoms with Crippen molar-refractivity contribution in [2.24, 2.45) is 0 Å². The topological polar surface area (TPSA) is 84.9 Å². The first-order valence-corrected chi connectivity index (χ1v) is 9.46. The maximum atomic E-state index is 12.5. The number of fused-ring (bicyclic) bond motifs is 1. The molecule has 8 heteroatoms. The molecule has 0 bridgehead atoms. The van der Waals surface area contributed by atoms with Crippen LogP contribution < -0.4 is 10.1 Å². The molecule has 0 aromatic heterocycles. The molecular weight excluding hydrogens is 368 g/mol. The third-order valence-corrected chi connectivity index (χ3v) is 5.21. The number of β-lactam (4-membered cyclic amide) rings is 1. The summed E-state index contributed by atoms with van der Waals surface area (Å²) in [6.07, 6.45) is 0. The minimum absolute atomic E-state index is 0.184. The van der Waals surface area contributed by atoms with Gasteiger partial charge < -0.3 is 14.8 Å². The summed E-state index contributed by atoms with van der Waals surface area (Å²) < 4.78 is 10.8. The van der Waals surface area contributed by atoms with Gasteiger partial charge in [-0.05, 0) is 39.8 Å². The van der Waals surface area contributed by atoms with Crippen LogP contribution in [0.25, 0.3) is 0 Å². The van der Waals surface area contributed by atoms with Crippen molar-refractivity contribution < 1.29 is 23.9 Å². The quantitative estimate of drug-likeness (QED) is 0.612. The second kappa shape index (κ2) is 7.26. The van der Waals surface area contributed by atoms with Crippen molar-refractivity contribution in [2.75, 3.05) is 6.61 Å². The molecule has 144 valence electrons. The molecule has 1 N–H and O–H groups in total. The van der Waals surface area contributed by atoms with Crippen LogP contribution in [0, 0.1) is 0 Å². The van der Waals surface area contributed by atoms with Gasteiger partial charge in [-0.2, -0.15) is 0 Å². The van der Waals surface area contributed by atoms with E-state index in [-0.39, 0.29) is 29.5 Å². The predicted octanol–water partition coefficient (Wildman–Crippen LogP) is 2.04. The molecule has 2 aliphatic heterocycles. The number of carbonyl (C=O) groups excluding carboxylic acids is 3. The van der Waals surface area contributed by atoms with Gasteiger partial charge in [0, 0.05) is 4.91 Å². The van der Waals surface area contributed by atoms with Crippen LogP contribution in [0.2, 0.25) is 0 Å². The second-order valence-corrected chi connectivity index (χ2v) is 8.60. The van der Waals surface area contributed by atoms with Crippen LogP contribution in [0.1, 0.15) is 27.7 Å². The van der Waals surface area contributed by atoms with Crippen LogP contribution in [0.4, 0.5) is 0 Å². The molecule has 7 nitrogen and oxygen atoms in total. The molecule has 1 aromatic rings. The number of ether oxygens (including phenoxy) is 2. The minimum Gasteiger partial charge on any atom is -0.484 e. The molecule has 0 unspecified atom stereocenters. The van der Waals surface area contributed by atoms with E-state index < -0.39 is 17.6 Å². The van der Waals surface area contributed by atoms with Gasteiger partial charge in [-0.1, -0.05) is 18.2 Å². The molecule has 1 fully saturated rings. The lowest BCUT2D eigenvalue weighted by molar-refractivity contribution is -0.158. The van der Waals surface area contributed by atoms with Crippen LogP contribution >= 0.6 is 11.8 Å². The molecular formula is C19H22N2O5S. The van der Waals surface area contributed by atoms with E-state index in [1.54, 1.807) is 39.8 Å². The summed E-state index contributed by atoms with van der Waals surface area (Å²) >= 11 is 1.37. The first kappa shape index (κ1) is 19.3. The number of hydrogen-bond donors (Lipinski definition) is 1. The van der Waals surface area contributed by atoms with E-state index in [1.807, 2.05) is 18.2 Å². The molecule has 2 heterocycles. The Morgan fingerprint density at radius 1 is 1.22 bits per heavy atom. The van der Waals surface area contributed by atoms with Gasteiger partial charge in [-0.15, -0.1) is 11.8 Å². The molecule has 0 spiro atoms. The van der Waals surface area contributed by atoms with E-state index in [0.717, 1.165) is 0 Å². The SMILES string of the molecule is CC1=C(C(=O)OC(C)(C)C)N2C(=O)[C@@H](NC(=O)COc3ccccc3)[C@H]2S1. The van der Waals surface area contributed by atoms with Gasteiger partial charge >= 0.3 is 5.97 Å². The van der Waals surface area contributed by atoms with Crippen molar-refractivity contribution in [3.63, 3.8) is 0 Å². The third kappa shape index (κ3) is 4.10. The maximum Gasteiger partial charge on any atom is 0.356 e. The number of esters is 1. The molecule has 2 aliphatic rings. The number of amides is 2. The van der Waals surface area contributed by atoms with E-state index in [0.29, 0.717) is 10.7 Å². The van der Waals surface area contributed by atoms with E-state index in [9.17, 15) is 14.4 Å². The van der Waals surface area contributed by atoms with Crippen molar-refractivity contribution in [3.8, 4) is 5.75 Å². The lowest BCUT2D eigenvalue weighted by Gasteiger charge is -2.42. The Hall–Kier alpha value is -2.48. The van der Waals surface area contributed by atoms with Crippen LogP contribution in [0.5, 0.6) is 5.75 Å². The number of thioether (sulfide) groups is 1. The van der Waals surface area contributed by atoms with Gasteiger partial charge in [-0.25, -0.2) is 4.79 Å². The summed E-state index contributed by atoms with van der Waals surface area (Å²) in [6, 6.07) is 8.28. The average molecular weight is 390 g/mol. The molecule has 0 radical (unpaired) electrons. The third-order valence-electron chi connectivity index (χ3n) is 3.94. The van der Waals surface area contributed by atoms with Crippen molar-refractivity contribution in [1.82, 2.24) is 10.2 Å². The van der Waals surface area contributed by atoms with Crippen molar-refractivity contribution in [2.45, 2.75) is 44.7 Å². The second-order valence-electron chi connectivity index (χ2n) is 7.27. The molecule has 1 aromatic carbocycles. The zero-order chi connectivity index (χ0) is 19.8. The number of benzene rings is 1. The van der Waals surface area contributed by atoms with Crippen molar-refractivity contribution in [1.29, 1.82) is 0 Å². The Kier molecular flexibility index (Phi) is 5.19. The van der Waals surface area contributed by atoms with Crippen LogP contribution in [0.3, 0.4) is 0 Å². The lowest BCUT2D eigenvalue weighted by atomic mass is 10.1. The molecule has 2 amide bonds. The van der Waals surface area contributed by atoms with Gasteiger partial charge in [0.1, 0.15) is 28.5 Å². The van der Waals surface area contributed by atoms with E-state index in [1.165, 1.54) is 16.7 Å². The van der Waals surface area contributed by atoms with Crippen LogP contribution in [-0.4, -0.2) is 46.3 Å². The van der Waals surface area contributed by atoms with E-state index >= 15 is 0 Å². The molecule has 1 saturated heterocycles. The number of allylic oxidation sites excluding steroid dienone is 1. The Labute approximate surface area is 162 Å². The highest BCUT2D eigenvalue weighted by atomic mass is 32.2. The fourth-order valence-corrected chi connectivity index (χ4v) is 4.10. The van der Waals surface area contributed by atoms with Gasteiger partial charge in [0.05, 0.1) is 0 Å². The highest BCUT2D eigenvalue weighted by molar-refractivity contribution is 8.04. The van der Waals surface area contributed by atoms with Gasteiger partial charge in [0.25, 0.3) is 11.8 Å². The molecule has 2 atom stereocenters. The fourth-order valence-electron chi connectivity index (χ4n) is 2.81. The molecule has 3 rings (SSSR count). The maximum absolute atomic E-state index is 12.5. The Morgan fingerprint density at radius 3 is 2.52 bits per heavy atom. The predicted molar refractivity (Wildman–Crippen MR) is 101 cm³/mol. The molecule has 27 heavy (non-hydrogen) atoms.